The number of aromatic nitrogens is 1. The number of hydrogen-bond donors (Lipinski definition) is 0. The summed E-state index contributed by atoms with van der Waals surface area (Å²) in [6, 6.07) is 17.0. The maximum absolute atomic E-state index is 13.4. The summed E-state index contributed by atoms with van der Waals surface area (Å²) in [6.07, 6.45) is 1.88. The molecule has 3 aromatic rings. The van der Waals surface area contributed by atoms with Crippen LogP contribution in [-0.2, 0) is 16.0 Å². The predicted octanol–water partition coefficient (Wildman–Crippen LogP) is 5.79. The topological polar surface area (TPSA) is 31.2 Å². The third kappa shape index (κ3) is 4.50. The standard InChI is InChI=1S/C24H26FNO2/c1-4-5-24(27)28-15-14-20-16-23(19-8-6-17(2)7-9-19)26(18(20)3)22-12-10-21(25)11-13-22/h6-13,16H,4-5,14-15H2,1-3H3. The molecule has 0 saturated carbocycles. The Bertz CT molecular complexity index is 940. The van der Waals surface area contributed by atoms with Gasteiger partial charge in [0.2, 0.25) is 0 Å². The second kappa shape index (κ2) is 8.87. The molecular weight excluding hydrogens is 353 g/mol. The van der Waals surface area contributed by atoms with Crippen molar-refractivity contribution in [3.8, 4) is 16.9 Å². The fourth-order valence-corrected chi connectivity index (χ4v) is 3.32. The van der Waals surface area contributed by atoms with Crippen LogP contribution in [0.15, 0.2) is 54.6 Å². The summed E-state index contributed by atoms with van der Waals surface area (Å²) >= 11 is 0. The summed E-state index contributed by atoms with van der Waals surface area (Å²) in [5, 5.41) is 0. The zero-order valence-electron chi connectivity index (χ0n) is 16.7. The number of nitrogens with zero attached hydrogens (tertiary/aromatic N) is 1. The quantitative estimate of drug-likeness (QED) is 0.487. The van der Waals surface area contributed by atoms with Gasteiger partial charge in [-0.1, -0.05) is 36.8 Å². The normalized spacial score (nSPS) is 10.9. The van der Waals surface area contributed by atoms with Crippen molar-refractivity contribution >= 4 is 5.97 Å². The number of ether oxygens (including phenoxy) is 1. The zero-order chi connectivity index (χ0) is 20.1. The zero-order valence-corrected chi connectivity index (χ0v) is 16.7. The molecule has 0 aliphatic heterocycles. The van der Waals surface area contributed by atoms with E-state index in [0.29, 0.717) is 19.4 Å². The van der Waals surface area contributed by atoms with Crippen molar-refractivity contribution in [2.45, 2.75) is 40.0 Å². The molecule has 2 aromatic carbocycles. The van der Waals surface area contributed by atoms with E-state index in [2.05, 4.69) is 41.8 Å². The molecule has 0 saturated heterocycles. The van der Waals surface area contributed by atoms with Crippen LogP contribution >= 0.6 is 0 Å². The second-order valence-electron chi connectivity index (χ2n) is 7.04. The highest BCUT2D eigenvalue weighted by atomic mass is 19.1. The van der Waals surface area contributed by atoms with E-state index in [1.54, 1.807) is 12.1 Å². The number of aryl methyl sites for hydroxylation is 1. The molecule has 28 heavy (non-hydrogen) atoms. The summed E-state index contributed by atoms with van der Waals surface area (Å²) in [7, 11) is 0. The smallest absolute Gasteiger partial charge is 0.305 e. The molecule has 0 radical (unpaired) electrons. The van der Waals surface area contributed by atoms with Gasteiger partial charge in [0, 0.05) is 24.2 Å². The molecule has 0 aliphatic carbocycles. The fraction of sp³-hybridized carbons (Fsp3) is 0.292. The lowest BCUT2D eigenvalue weighted by Crippen LogP contribution is -2.07. The van der Waals surface area contributed by atoms with E-state index < -0.39 is 0 Å². The molecule has 0 N–H and O–H groups in total. The van der Waals surface area contributed by atoms with E-state index in [-0.39, 0.29) is 11.8 Å². The third-order valence-corrected chi connectivity index (χ3v) is 4.87. The molecule has 3 rings (SSSR count). The molecule has 3 nitrogen and oxygen atoms in total. The molecule has 4 heteroatoms. The number of rotatable bonds is 7. The first kappa shape index (κ1) is 19.9. The first-order chi connectivity index (χ1) is 13.5. The fourth-order valence-electron chi connectivity index (χ4n) is 3.32. The third-order valence-electron chi connectivity index (χ3n) is 4.87. The molecule has 0 amide bonds. The van der Waals surface area contributed by atoms with E-state index in [9.17, 15) is 9.18 Å². The molecule has 146 valence electrons. The lowest BCUT2D eigenvalue weighted by Gasteiger charge is -2.13. The van der Waals surface area contributed by atoms with Crippen LogP contribution in [-0.4, -0.2) is 17.1 Å². The van der Waals surface area contributed by atoms with Crippen molar-refractivity contribution < 1.29 is 13.9 Å². The number of carbonyl (C=O) groups is 1. The van der Waals surface area contributed by atoms with Gasteiger partial charge in [-0.3, -0.25) is 4.79 Å². The first-order valence-electron chi connectivity index (χ1n) is 9.69. The van der Waals surface area contributed by atoms with Crippen LogP contribution in [0.2, 0.25) is 0 Å². The maximum atomic E-state index is 13.4. The van der Waals surface area contributed by atoms with Crippen molar-refractivity contribution in [1.29, 1.82) is 0 Å². The molecule has 0 bridgehead atoms. The van der Waals surface area contributed by atoms with Crippen LogP contribution in [0.25, 0.3) is 16.9 Å². The molecule has 0 aliphatic rings. The van der Waals surface area contributed by atoms with Gasteiger partial charge in [0.25, 0.3) is 0 Å². The Kier molecular flexibility index (Phi) is 6.30. The average molecular weight is 379 g/mol. The molecule has 0 fully saturated rings. The summed E-state index contributed by atoms with van der Waals surface area (Å²) in [4.78, 5) is 11.6. The summed E-state index contributed by atoms with van der Waals surface area (Å²) in [5.74, 6) is -0.412. The Hall–Kier alpha value is -2.88. The lowest BCUT2D eigenvalue weighted by atomic mass is 10.1. The van der Waals surface area contributed by atoms with Crippen molar-refractivity contribution in [2.24, 2.45) is 0 Å². The van der Waals surface area contributed by atoms with Gasteiger partial charge in [-0.2, -0.15) is 0 Å². The number of esters is 1. The van der Waals surface area contributed by atoms with Crippen LogP contribution in [0.1, 0.15) is 36.6 Å². The summed E-state index contributed by atoms with van der Waals surface area (Å²) < 4.78 is 20.9. The van der Waals surface area contributed by atoms with Crippen molar-refractivity contribution in [3.05, 3.63) is 77.2 Å². The van der Waals surface area contributed by atoms with Crippen LogP contribution in [0, 0.1) is 19.7 Å². The first-order valence-corrected chi connectivity index (χ1v) is 9.69. The SMILES string of the molecule is CCCC(=O)OCCc1cc(-c2ccc(C)cc2)n(-c2ccc(F)cc2)c1C. The van der Waals surface area contributed by atoms with E-state index in [4.69, 9.17) is 4.74 Å². The van der Waals surface area contributed by atoms with Gasteiger partial charge in [-0.25, -0.2) is 4.39 Å². The van der Waals surface area contributed by atoms with Crippen LogP contribution in [0.5, 0.6) is 0 Å². The van der Waals surface area contributed by atoms with Gasteiger partial charge in [-0.05, 0) is 61.7 Å². The Morgan fingerprint density at radius 2 is 1.71 bits per heavy atom. The Balaban J connectivity index is 1.96. The van der Waals surface area contributed by atoms with Gasteiger partial charge in [0.15, 0.2) is 0 Å². The molecule has 0 spiro atoms. The maximum Gasteiger partial charge on any atom is 0.305 e. The van der Waals surface area contributed by atoms with Crippen LogP contribution < -0.4 is 0 Å². The largest absolute Gasteiger partial charge is 0.465 e. The van der Waals surface area contributed by atoms with Gasteiger partial charge in [-0.15, -0.1) is 0 Å². The monoisotopic (exact) mass is 379 g/mol. The minimum atomic E-state index is -0.256. The lowest BCUT2D eigenvalue weighted by molar-refractivity contribution is -0.143. The number of halogens is 1. The Morgan fingerprint density at radius 1 is 1.04 bits per heavy atom. The molecular formula is C24H26FNO2. The van der Waals surface area contributed by atoms with E-state index >= 15 is 0 Å². The van der Waals surface area contributed by atoms with Gasteiger partial charge < -0.3 is 9.30 Å². The van der Waals surface area contributed by atoms with E-state index in [1.807, 2.05) is 13.8 Å². The van der Waals surface area contributed by atoms with Gasteiger partial charge in [0.05, 0.1) is 12.3 Å². The van der Waals surface area contributed by atoms with Crippen LogP contribution in [0.3, 0.4) is 0 Å². The average Bonchev–Trinajstić information content (AvgIpc) is 3.00. The number of hydrogen-bond acceptors (Lipinski definition) is 2. The Morgan fingerprint density at radius 3 is 2.36 bits per heavy atom. The number of benzene rings is 2. The summed E-state index contributed by atoms with van der Waals surface area (Å²) in [6.45, 7) is 6.43. The second-order valence-corrected chi connectivity index (χ2v) is 7.04. The number of carbonyl (C=O) groups excluding carboxylic acids is 1. The van der Waals surface area contributed by atoms with Crippen molar-refractivity contribution in [3.63, 3.8) is 0 Å². The van der Waals surface area contributed by atoms with E-state index in [0.717, 1.165) is 34.6 Å². The highest BCUT2D eigenvalue weighted by Gasteiger charge is 2.15. The highest BCUT2D eigenvalue weighted by Crippen LogP contribution is 2.30. The van der Waals surface area contributed by atoms with Crippen molar-refractivity contribution in [1.82, 2.24) is 4.57 Å². The van der Waals surface area contributed by atoms with Gasteiger partial charge >= 0.3 is 5.97 Å². The summed E-state index contributed by atoms with van der Waals surface area (Å²) in [5.41, 5.74) is 6.41. The van der Waals surface area contributed by atoms with Crippen LogP contribution in [0.4, 0.5) is 4.39 Å². The molecule has 1 aromatic heterocycles. The Labute approximate surface area is 165 Å². The molecule has 1 heterocycles. The highest BCUT2D eigenvalue weighted by molar-refractivity contribution is 5.69. The molecule has 0 atom stereocenters. The minimum absolute atomic E-state index is 0.156. The van der Waals surface area contributed by atoms with E-state index in [1.165, 1.54) is 17.7 Å². The van der Waals surface area contributed by atoms with Crippen molar-refractivity contribution in [2.75, 3.05) is 6.61 Å². The minimum Gasteiger partial charge on any atom is -0.465 e. The van der Waals surface area contributed by atoms with Gasteiger partial charge in [0.1, 0.15) is 5.82 Å². The molecule has 0 unspecified atom stereocenters. The predicted molar refractivity (Wildman–Crippen MR) is 110 cm³/mol.